The molecule has 0 unspecified atom stereocenters. The monoisotopic (exact) mass is 375 g/mol. The van der Waals surface area contributed by atoms with E-state index in [0.717, 1.165) is 5.56 Å². The number of hydrogen-bond donors (Lipinski definition) is 1. The largest absolute Gasteiger partial charge is 0.511 e. The lowest BCUT2D eigenvalue weighted by Gasteiger charge is -2.10. The van der Waals surface area contributed by atoms with E-state index in [1.807, 2.05) is 0 Å². The highest BCUT2D eigenvalue weighted by atomic mass is 32.2. The normalized spacial score (nSPS) is 15.6. The Kier molecular flexibility index (Phi) is 5.01. The first kappa shape index (κ1) is 18.1. The van der Waals surface area contributed by atoms with Crippen molar-refractivity contribution >= 4 is 20.1 Å². The summed E-state index contributed by atoms with van der Waals surface area (Å²) in [6, 6.07) is 4.17. The summed E-state index contributed by atoms with van der Waals surface area (Å²) < 4.78 is 92.3. The van der Waals surface area contributed by atoms with E-state index >= 15 is 0 Å². The molecule has 0 radical (unpaired) electrons. The number of halogens is 3. The fraction of sp³-hybridized carbons (Fsp3) is 0.455. The minimum atomic E-state index is -5.53. The number of nitrogens with one attached hydrogen (secondary N) is 1. The second kappa shape index (κ2) is 6.36. The van der Waals surface area contributed by atoms with E-state index in [-0.39, 0.29) is 11.5 Å². The number of rotatable bonds is 6. The molecule has 1 aliphatic heterocycles. The first-order valence-corrected chi connectivity index (χ1v) is 9.07. The van der Waals surface area contributed by atoms with Gasteiger partial charge in [-0.3, -0.25) is 4.18 Å². The predicted molar refractivity (Wildman–Crippen MR) is 71.1 cm³/mol. The molecule has 0 bridgehead atoms. The van der Waals surface area contributed by atoms with Crippen molar-refractivity contribution < 1.29 is 38.9 Å². The summed E-state index contributed by atoms with van der Waals surface area (Å²) in [4.78, 5) is -0.180. The first-order valence-electron chi connectivity index (χ1n) is 6.18. The van der Waals surface area contributed by atoms with Gasteiger partial charge >= 0.3 is 15.5 Å². The van der Waals surface area contributed by atoms with Crippen LogP contribution in [0.1, 0.15) is 11.1 Å². The Hall–Kier alpha value is -1.21. The molecule has 0 atom stereocenters. The van der Waals surface area contributed by atoms with Gasteiger partial charge in [0, 0.05) is 6.54 Å². The van der Waals surface area contributed by atoms with Crippen molar-refractivity contribution in [1.29, 1.82) is 0 Å². The predicted octanol–water partition coefficient (Wildman–Crippen LogP) is 0.861. The molecule has 7 nitrogen and oxygen atoms in total. The zero-order chi connectivity index (χ0) is 17.3. The van der Waals surface area contributed by atoms with Crippen LogP contribution in [0.5, 0.6) is 0 Å². The maximum Gasteiger partial charge on any atom is 0.511 e. The van der Waals surface area contributed by atoms with Gasteiger partial charge in [-0.25, -0.2) is 13.1 Å². The van der Waals surface area contributed by atoms with Crippen molar-refractivity contribution in [2.24, 2.45) is 0 Å². The number of fused-ring (bicyclic) bond motifs is 1. The van der Waals surface area contributed by atoms with Gasteiger partial charge in [-0.05, 0) is 23.3 Å². The molecule has 1 aromatic carbocycles. The topological polar surface area (TPSA) is 98.8 Å². The Bertz CT molecular complexity index is 788. The van der Waals surface area contributed by atoms with E-state index < -0.39 is 38.8 Å². The van der Waals surface area contributed by atoms with Gasteiger partial charge in [-0.15, -0.1) is 0 Å². The standard InChI is InChI=1S/C11H12F3NO6S2/c12-11(13,14)23(18,19)15-3-4-21-22(16,17)10-2-1-8-6-20-7-9(8)5-10/h1-2,5,15H,3-4,6-7H2. The summed E-state index contributed by atoms with van der Waals surface area (Å²) in [7, 11) is -9.74. The van der Waals surface area contributed by atoms with E-state index in [4.69, 9.17) is 4.74 Å². The Morgan fingerprint density at radius 1 is 1.13 bits per heavy atom. The van der Waals surface area contributed by atoms with Gasteiger partial charge in [0.15, 0.2) is 0 Å². The molecular formula is C11H12F3NO6S2. The SMILES string of the molecule is O=S(=O)(OCCNS(=O)(=O)C(F)(F)F)c1ccc2c(c1)COC2. The van der Waals surface area contributed by atoms with Crippen LogP contribution >= 0.6 is 0 Å². The third-order valence-corrected chi connectivity index (χ3v) is 5.42. The summed E-state index contributed by atoms with van der Waals surface area (Å²) in [5.74, 6) is 0. The number of alkyl halides is 3. The zero-order valence-electron chi connectivity index (χ0n) is 11.5. The Labute approximate surface area is 130 Å². The highest BCUT2D eigenvalue weighted by molar-refractivity contribution is 7.90. The molecule has 0 fully saturated rings. The van der Waals surface area contributed by atoms with Crippen molar-refractivity contribution in [3.63, 3.8) is 0 Å². The summed E-state index contributed by atoms with van der Waals surface area (Å²) >= 11 is 0. The van der Waals surface area contributed by atoms with Crippen LogP contribution in [0.2, 0.25) is 0 Å². The third-order valence-electron chi connectivity index (χ3n) is 2.92. The summed E-state index contributed by atoms with van der Waals surface area (Å²) in [5, 5.41) is 0. The second-order valence-electron chi connectivity index (χ2n) is 4.54. The van der Waals surface area contributed by atoms with E-state index in [1.54, 1.807) is 6.07 Å². The van der Waals surface area contributed by atoms with Gasteiger partial charge in [0.2, 0.25) is 0 Å². The second-order valence-corrected chi connectivity index (χ2v) is 7.92. The molecule has 1 heterocycles. The molecule has 2 rings (SSSR count). The lowest BCUT2D eigenvalue weighted by Crippen LogP contribution is -2.38. The van der Waals surface area contributed by atoms with Crippen LogP contribution in [0.3, 0.4) is 0 Å². The average molecular weight is 375 g/mol. The molecule has 23 heavy (non-hydrogen) atoms. The smallest absolute Gasteiger partial charge is 0.372 e. The van der Waals surface area contributed by atoms with Gasteiger partial charge in [-0.1, -0.05) is 6.07 Å². The van der Waals surface area contributed by atoms with Crippen molar-refractivity contribution in [2.75, 3.05) is 13.2 Å². The Balaban J connectivity index is 1.95. The van der Waals surface area contributed by atoms with Crippen molar-refractivity contribution in [3.8, 4) is 0 Å². The van der Waals surface area contributed by atoms with Gasteiger partial charge in [0.1, 0.15) is 0 Å². The number of benzene rings is 1. The van der Waals surface area contributed by atoms with Crippen molar-refractivity contribution in [1.82, 2.24) is 4.72 Å². The van der Waals surface area contributed by atoms with Crippen molar-refractivity contribution in [3.05, 3.63) is 29.3 Å². The van der Waals surface area contributed by atoms with E-state index in [2.05, 4.69) is 4.18 Å². The van der Waals surface area contributed by atoms with E-state index in [1.165, 1.54) is 16.9 Å². The highest BCUT2D eigenvalue weighted by Gasteiger charge is 2.45. The molecule has 0 saturated heterocycles. The van der Waals surface area contributed by atoms with Gasteiger partial charge in [-0.2, -0.15) is 21.6 Å². The lowest BCUT2D eigenvalue weighted by atomic mass is 10.1. The van der Waals surface area contributed by atoms with Gasteiger partial charge in [0.05, 0.1) is 24.7 Å². The van der Waals surface area contributed by atoms with Crippen LogP contribution in [-0.4, -0.2) is 35.5 Å². The number of hydrogen-bond acceptors (Lipinski definition) is 6. The summed E-state index contributed by atoms with van der Waals surface area (Å²) in [5.41, 5.74) is -3.96. The molecule has 0 aromatic heterocycles. The minimum Gasteiger partial charge on any atom is -0.372 e. The van der Waals surface area contributed by atoms with Gasteiger partial charge < -0.3 is 4.74 Å². The third kappa shape index (κ3) is 4.20. The quantitative estimate of drug-likeness (QED) is 0.585. The maximum atomic E-state index is 12.1. The maximum absolute atomic E-state index is 12.1. The van der Waals surface area contributed by atoms with Crippen LogP contribution in [0.15, 0.2) is 23.1 Å². The molecule has 0 saturated carbocycles. The fourth-order valence-corrected chi connectivity index (χ4v) is 3.26. The summed E-state index contributed by atoms with van der Waals surface area (Å²) in [6.45, 7) is -0.986. The summed E-state index contributed by atoms with van der Waals surface area (Å²) in [6.07, 6.45) is 0. The fourth-order valence-electron chi connectivity index (χ4n) is 1.78. The minimum absolute atomic E-state index is 0.180. The lowest BCUT2D eigenvalue weighted by molar-refractivity contribution is -0.0448. The van der Waals surface area contributed by atoms with Crippen LogP contribution in [0.4, 0.5) is 13.2 Å². The average Bonchev–Trinajstić information content (AvgIpc) is 2.89. The Morgan fingerprint density at radius 3 is 2.43 bits per heavy atom. The molecule has 1 aliphatic rings. The number of sulfonamides is 1. The first-order chi connectivity index (χ1) is 10.5. The molecule has 0 aliphatic carbocycles. The van der Waals surface area contributed by atoms with E-state index in [0.29, 0.717) is 12.2 Å². The van der Waals surface area contributed by atoms with Crippen LogP contribution in [-0.2, 0) is 42.3 Å². The zero-order valence-corrected chi connectivity index (χ0v) is 13.1. The van der Waals surface area contributed by atoms with Crippen molar-refractivity contribution in [2.45, 2.75) is 23.6 Å². The molecule has 0 amide bonds. The Morgan fingerprint density at radius 2 is 1.78 bits per heavy atom. The highest BCUT2D eigenvalue weighted by Crippen LogP contribution is 2.24. The molecule has 130 valence electrons. The van der Waals surface area contributed by atoms with Gasteiger partial charge in [0.25, 0.3) is 10.1 Å². The van der Waals surface area contributed by atoms with E-state index in [9.17, 15) is 30.0 Å². The molecule has 12 heteroatoms. The molecular weight excluding hydrogens is 363 g/mol. The van der Waals surface area contributed by atoms with Crippen LogP contribution < -0.4 is 4.72 Å². The molecule has 0 spiro atoms. The van der Waals surface area contributed by atoms with Crippen LogP contribution in [0.25, 0.3) is 0 Å². The van der Waals surface area contributed by atoms with Crippen LogP contribution in [0, 0.1) is 0 Å². The molecule has 1 N–H and O–H groups in total. The molecule has 1 aromatic rings. The number of ether oxygens (including phenoxy) is 1.